The third kappa shape index (κ3) is 6.60. The van der Waals surface area contributed by atoms with Crippen molar-refractivity contribution in [2.45, 2.75) is 0 Å². The first-order valence-electron chi connectivity index (χ1n) is 12.4. The first kappa shape index (κ1) is 27.3. The van der Waals surface area contributed by atoms with Gasteiger partial charge in [-0.05, 0) is 55.2 Å². The summed E-state index contributed by atoms with van der Waals surface area (Å²) < 4.78 is 11.1. The SMILES string of the molecule is C=CC(=O)Nc1cc(Nc2ncnc(-c3ccc4ccc(OC)cc4c3)n2)c(OC)cc1N(C)CCN(C)C. The Morgan fingerprint density at radius 1 is 0.949 bits per heavy atom. The molecule has 4 rings (SSSR count). The Bertz CT molecular complexity index is 1490. The summed E-state index contributed by atoms with van der Waals surface area (Å²) >= 11 is 0. The highest BCUT2D eigenvalue weighted by Crippen LogP contribution is 2.38. The number of rotatable bonds is 11. The minimum Gasteiger partial charge on any atom is -0.497 e. The topological polar surface area (TPSA) is 105 Å². The summed E-state index contributed by atoms with van der Waals surface area (Å²) in [7, 11) is 9.23. The van der Waals surface area contributed by atoms with Gasteiger partial charge in [0.05, 0.1) is 31.3 Å². The predicted octanol–water partition coefficient (Wildman–Crippen LogP) is 4.57. The number of hydrogen-bond donors (Lipinski definition) is 2. The number of hydrogen-bond acceptors (Lipinski definition) is 9. The maximum atomic E-state index is 12.2. The average Bonchev–Trinajstić information content (AvgIpc) is 2.95. The second-order valence-corrected chi connectivity index (χ2v) is 9.17. The van der Waals surface area contributed by atoms with Gasteiger partial charge in [-0.2, -0.15) is 4.98 Å². The number of carbonyl (C=O) groups is 1. The minimum atomic E-state index is -0.316. The van der Waals surface area contributed by atoms with E-state index >= 15 is 0 Å². The summed E-state index contributed by atoms with van der Waals surface area (Å²) in [6.45, 7) is 5.16. The number of nitrogens with zero attached hydrogens (tertiary/aromatic N) is 5. The number of anilines is 4. The number of aromatic nitrogens is 3. The zero-order valence-electron chi connectivity index (χ0n) is 22.9. The van der Waals surface area contributed by atoms with Crippen LogP contribution in [0, 0.1) is 0 Å². The van der Waals surface area contributed by atoms with Gasteiger partial charge in [-0.3, -0.25) is 4.79 Å². The van der Waals surface area contributed by atoms with Crippen LogP contribution in [0.15, 0.2) is 67.5 Å². The maximum Gasteiger partial charge on any atom is 0.247 e. The molecule has 10 heteroatoms. The van der Waals surface area contributed by atoms with Crippen LogP contribution in [0.1, 0.15) is 0 Å². The Balaban J connectivity index is 1.68. The van der Waals surface area contributed by atoms with E-state index in [1.54, 1.807) is 20.3 Å². The van der Waals surface area contributed by atoms with Crippen molar-refractivity contribution in [1.29, 1.82) is 0 Å². The van der Waals surface area contributed by atoms with Crippen LogP contribution in [0.25, 0.3) is 22.2 Å². The number of likely N-dealkylation sites (N-methyl/N-ethyl adjacent to an activating group) is 2. The maximum absolute atomic E-state index is 12.2. The normalized spacial score (nSPS) is 10.8. The smallest absolute Gasteiger partial charge is 0.247 e. The summed E-state index contributed by atoms with van der Waals surface area (Å²) in [6.07, 6.45) is 2.69. The Hall–Kier alpha value is -4.70. The second kappa shape index (κ2) is 12.2. The zero-order chi connectivity index (χ0) is 27.9. The van der Waals surface area contributed by atoms with Gasteiger partial charge in [0.2, 0.25) is 11.9 Å². The summed E-state index contributed by atoms with van der Waals surface area (Å²) in [5.41, 5.74) is 2.83. The van der Waals surface area contributed by atoms with Gasteiger partial charge in [0, 0.05) is 31.8 Å². The molecule has 0 saturated carbocycles. The summed E-state index contributed by atoms with van der Waals surface area (Å²) in [5.74, 6) is 1.87. The summed E-state index contributed by atoms with van der Waals surface area (Å²) in [6, 6.07) is 15.6. The Morgan fingerprint density at radius 2 is 1.74 bits per heavy atom. The van der Waals surface area contributed by atoms with Crippen LogP contribution in [0.5, 0.6) is 11.5 Å². The molecule has 0 spiro atoms. The number of amides is 1. The minimum absolute atomic E-state index is 0.316. The van der Waals surface area contributed by atoms with E-state index in [0.717, 1.165) is 40.9 Å². The fourth-order valence-electron chi connectivity index (χ4n) is 4.01. The molecule has 202 valence electrons. The van der Waals surface area contributed by atoms with Crippen molar-refractivity contribution in [3.8, 4) is 22.9 Å². The van der Waals surface area contributed by atoms with Gasteiger partial charge >= 0.3 is 0 Å². The Morgan fingerprint density at radius 3 is 2.46 bits per heavy atom. The summed E-state index contributed by atoms with van der Waals surface area (Å²) in [5, 5.41) is 8.22. The first-order chi connectivity index (χ1) is 18.8. The number of ether oxygens (including phenoxy) is 2. The van der Waals surface area contributed by atoms with Gasteiger partial charge < -0.3 is 29.9 Å². The van der Waals surface area contributed by atoms with Gasteiger partial charge in [-0.15, -0.1) is 0 Å². The molecule has 10 nitrogen and oxygen atoms in total. The van der Waals surface area contributed by atoms with Gasteiger partial charge in [0.1, 0.15) is 17.8 Å². The first-order valence-corrected chi connectivity index (χ1v) is 12.4. The Labute approximate surface area is 228 Å². The van der Waals surface area contributed by atoms with E-state index in [1.165, 1.54) is 12.4 Å². The molecule has 0 unspecified atom stereocenters. The van der Waals surface area contributed by atoms with E-state index in [1.807, 2.05) is 63.6 Å². The third-order valence-corrected chi connectivity index (χ3v) is 6.18. The molecule has 0 fully saturated rings. The van der Waals surface area contributed by atoms with Gasteiger partial charge in [-0.1, -0.05) is 24.8 Å². The molecule has 3 aromatic carbocycles. The van der Waals surface area contributed by atoms with E-state index in [4.69, 9.17) is 9.47 Å². The highest BCUT2D eigenvalue weighted by Gasteiger charge is 2.17. The molecular weight excluding hydrogens is 494 g/mol. The van der Waals surface area contributed by atoms with Crippen LogP contribution in [0.2, 0.25) is 0 Å². The molecule has 1 heterocycles. The molecular formula is C29H33N7O3. The van der Waals surface area contributed by atoms with Crippen molar-refractivity contribution >= 4 is 39.7 Å². The molecule has 4 aromatic rings. The van der Waals surface area contributed by atoms with Crippen molar-refractivity contribution in [3.05, 3.63) is 67.5 Å². The lowest BCUT2D eigenvalue weighted by molar-refractivity contribution is -0.111. The van der Waals surface area contributed by atoms with Crippen LogP contribution in [0.3, 0.4) is 0 Å². The lowest BCUT2D eigenvalue weighted by atomic mass is 10.1. The van der Waals surface area contributed by atoms with Crippen LogP contribution in [-0.2, 0) is 4.79 Å². The van der Waals surface area contributed by atoms with Gasteiger partial charge in [-0.25, -0.2) is 9.97 Å². The molecule has 0 radical (unpaired) electrons. The van der Waals surface area contributed by atoms with E-state index in [0.29, 0.717) is 28.9 Å². The number of nitrogens with one attached hydrogen (secondary N) is 2. The number of methoxy groups -OCH3 is 2. The molecule has 0 aliphatic carbocycles. The second-order valence-electron chi connectivity index (χ2n) is 9.17. The van der Waals surface area contributed by atoms with Crippen LogP contribution in [0.4, 0.5) is 23.0 Å². The lowest BCUT2D eigenvalue weighted by Crippen LogP contribution is -2.29. The largest absolute Gasteiger partial charge is 0.497 e. The molecule has 1 amide bonds. The van der Waals surface area contributed by atoms with Crippen LogP contribution >= 0.6 is 0 Å². The highest BCUT2D eigenvalue weighted by molar-refractivity contribution is 6.02. The van der Waals surface area contributed by atoms with Gasteiger partial charge in [0.25, 0.3) is 0 Å². The fraction of sp³-hybridized carbons (Fsp3) is 0.241. The number of fused-ring (bicyclic) bond motifs is 1. The van der Waals surface area contributed by atoms with Crippen molar-refractivity contribution in [3.63, 3.8) is 0 Å². The van der Waals surface area contributed by atoms with Crippen molar-refractivity contribution in [2.24, 2.45) is 0 Å². The van der Waals surface area contributed by atoms with E-state index < -0.39 is 0 Å². The fourth-order valence-corrected chi connectivity index (χ4v) is 4.01. The van der Waals surface area contributed by atoms with Gasteiger partial charge in [0.15, 0.2) is 5.82 Å². The molecule has 0 aliphatic heterocycles. The molecule has 0 aliphatic rings. The molecule has 2 N–H and O–H groups in total. The molecule has 0 saturated heterocycles. The van der Waals surface area contributed by atoms with E-state index in [2.05, 4.69) is 42.0 Å². The van der Waals surface area contributed by atoms with Crippen molar-refractivity contribution in [2.75, 3.05) is 64.0 Å². The van der Waals surface area contributed by atoms with E-state index in [-0.39, 0.29) is 5.91 Å². The predicted molar refractivity (Wildman–Crippen MR) is 156 cm³/mol. The average molecular weight is 528 g/mol. The molecule has 0 bridgehead atoms. The highest BCUT2D eigenvalue weighted by atomic mass is 16.5. The van der Waals surface area contributed by atoms with Crippen LogP contribution in [-0.4, -0.2) is 74.2 Å². The zero-order valence-corrected chi connectivity index (χ0v) is 22.9. The molecule has 0 atom stereocenters. The van der Waals surface area contributed by atoms with E-state index in [9.17, 15) is 4.79 Å². The number of benzene rings is 3. The quantitative estimate of drug-likeness (QED) is 0.271. The molecule has 39 heavy (non-hydrogen) atoms. The lowest BCUT2D eigenvalue weighted by Gasteiger charge is -2.26. The number of carbonyl (C=O) groups excluding carboxylic acids is 1. The van der Waals surface area contributed by atoms with Crippen molar-refractivity contribution < 1.29 is 14.3 Å². The van der Waals surface area contributed by atoms with Crippen LogP contribution < -0.4 is 25.0 Å². The summed E-state index contributed by atoms with van der Waals surface area (Å²) in [4.78, 5) is 29.7. The monoisotopic (exact) mass is 527 g/mol. The third-order valence-electron chi connectivity index (χ3n) is 6.18. The molecule has 1 aromatic heterocycles. The standard InChI is InChI=1S/C29H33N7O3/c1-7-27(37)32-23-16-24(26(39-6)17-25(23)36(4)13-12-35(2)3)33-29-31-18-30-28(34-29)20-9-8-19-10-11-22(38-5)15-21(19)14-20/h7-11,14-18H,1,12-13H2,2-6H3,(H,32,37)(H,30,31,33,34). The Kier molecular flexibility index (Phi) is 8.57. The van der Waals surface area contributed by atoms with Crippen molar-refractivity contribution in [1.82, 2.24) is 19.9 Å².